The Morgan fingerprint density at radius 2 is 2.32 bits per heavy atom. The van der Waals surface area contributed by atoms with Crippen LogP contribution in [0, 0.1) is 0 Å². The zero-order chi connectivity index (χ0) is 17.6. The van der Waals surface area contributed by atoms with Crippen LogP contribution in [0.4, 0.5) is 0 Å². The van der Waals surface area contributed by atoms with Crippen molar-refractivity contribution in [3.63, 3.8) is 0 Å². The van der Waals surface area contributed by atoms with Crippen molar-refractivity contribution in [3.05, 3.63) is 23.4 Å². The molecule has 8 nitrogen and oxygen atoms in total. The highest BCUT2D eigenvalue weighted by Crippen LogP contribution is 2.21. The largest absolute Gasteiger partial charge is 0.481 e. The van der Waals surface area contributed by atoms with Crippen LogP contribution in [0.1, 0.15) is 25.2 Å². The van der Waals surface area contributed by atoms with Crippen LogP contribution in [0.15, 0.2) is 22.0 Å². The number of rotatable bonds is 7. The number of carboxylic acid groups (broad SMARTS) is 1. The summed E-state index contributed by atoms with van der Waals surface area (Å²) in [5, 5.41) is 14.7. The van der Waals surface area contributed by atoms with Gasteiger partial charge in [0, 0.05) is 25.9 Å². The number of carbonyl (C=O) groups excluding carboxylic acids is 1. The lowest BCUT2D eigenvalue weighted by Gasteiger charge is -2.32. The van der Waals surface area contributed by atoms with Crippen molar-refractivity contribution >= 4 is 23.2 Å². The zero-order valence-corrected chi connectivity index (χ0v) is 14.4. The number of carboxylic acids is 1. The SMILES string of the molecule is O=C(O)CC1CN(C(=O)CCCc2nc(-c3cccs3)no2)CCO1. The summed E-state index contributed by atoms with van der Waals surface area (Å²) in [5.74, 6) is 0.164. The van der Waals surface area contributed by atoms with E-state index in [1.165, 1.54) is 0 Å². The quantitative estimate of drug-likeness (QED) is 0.798. The molecule has 0 spiro atoms. The van der Waals surface area contributed by atoms with Crippen molar-refractivity contribution in [2.45, 2.75) is 31.8 Å². The van der Waals surface area contributed by atoms with E-state index in [-0.39, 0.29) is 12.3 Å². The lowest BCUT2D eigenvalue weighted by atomic mass is 10.1. The van der Waals surface area contributed by atoms with Crippen molar-refractivity contribution in [3.8, 4) is 10.7 Å². The third-order valence-electron chi connectivity index (χ3n) is 3.88. The first-order valence-electron chi connectivity index (χ1n) is 8.09. The molecule has 3 heterocycles. The number of morpholine rings is 1. The number of aromatic nitrogens is 2. The summed E-state index contributed by atoms with van der Waals surface area (Å²) in [4.78, 5) is 30.0. The number of hydrogen-bond donors (Lipinski definition) is 1. The van der Waals surface area contributed by atoms with Gasteiger partial charge >= 0.3 is 5.97 Å². The van der Waals surface area contributed by atoms with Gasteiger partial charge in [-0.2, -0.15) is 4.98 Å². The van der Waals surface area contributed by atoms with Crippen molar-refractivity contribution < 1.29 is 24.0 Å². The second-order valence-electron chi connectivity index (χ2n) is 5.77. The average Bonchev–Trinajstić information content (AvgIpc) is 3.25. The number of hydrogen-bond acceptors (Lipinski definition) is 7. The van der Waals surface area contributed by atoms with Gasteiger partial charge < -0.3 is 19.3 Å². The number of carbonyl (C=O) groups is 2. The summed E-state index contributed by atoms with van der Waals surface area (Å²) < 4.78 is 10.6. The molecule has 1 unspecified atom stereocenters. The summed E-state index contributed by atoms with van der Waals surface area (Å²) in [7, 11) is 0. The van der Waals surface area contributed by atoms with E-state index in [1.54, 1.807) is 16.2 Å². The highest BCUT2D eigenvalue weighted by atomic mass is 32.1. The maximum Gasteiger partial charge on any atom is 0.306 e. The Kier molecular flexibility index (Phi) is 5.77. The Bertz CT molecular complexity index is 715. The van der Waals surface area contributed by atoms with Crippen LogP contribution in [0.3, 0.4) is 0 Å². The van der Waals surface area contributed by atoms with E-state index >= 15 is 0 Å². The molecule has 1 atom stereocenters. The topological polar surface area (TPSA) is 106 Å². The maximum absolute atomic E-state index is 12.3. The minimum Gasteiger partial charge on any atom is -0.481 e. The van der Waals surface area contributed by atoms with E-state index in [0.29, 0.717) is 50.7 Å². The Hall–Kier alpha value is -2.26. The first-order valence-corrected chi connectivity index (χ1v) is 8.97. The molecule has 25 heavy (non-hydrogen) atoms. The molecule has 1 aliphatic heterocycles. The molecule has 0 aliphatic carbocycles. The van der Waals surface area contributed by atoms with E-state index in [4.69, 9.17) is 14.4 Å². The molecule has 9 heteroatoms. The van der Waals surface area contributed by atoms with E-state index in [1.807, 2.05) is 17.5 Å². The van der Waals surface area contributed by atoms with Crippen LogP contribution < -0.4 is 0 Å². The fraction of sp³-hybridized carbons (Fsp3) is 0.500. The first-order chi connectivity index (χ1) is 12.1. The van der Waals surface area contributed by atoms with Crippen molar-refractivity contribution in [1.29, 1.82) is 0 Å². The highest BCUT2D eigenvalue weighted by molar-refractivity contribution is 7.13. The monoisotopic (exact) mass is 365 g/mol. The van der Waals surface area contributed by atoms with Gasteiger partial charge in [-0.25, -0.2) is 0 Å². The molecule has 1 saturated heterocycles. The van der Waals surface area contributed by atoms with Gasteiger partial charge in [0.1, 0.15) is 0 Å². The number of thiophene rings is 1. The van der Waals surface area contributed by atoms with E-state index in [9.17, 15) is 9.59 Å². The first kappa shape index (κ1) is 17.6. The van der Waals surface area contributed by atoms with E-state index in [2.05, 4.69) is 10.1 Å². The molecule has 0 bridgehead atoms. The van der Waals surface area contributed by atoms with Crippen LogP contribution in [0.2, 0.25) is 0 Å². The van der Waals surface area contributed by atoms with Crippen molar-refractivity contribution in [1.82, 2.24) is 15.0 Å². The van der Waals surface area contributed by atoms with Crippen LogP contribution in [0.5, 0.6) is 0 Å². The molecular weight excluding hydrogens is 346 g/mol. The predicted octanol–water partition coefficient (Wildman–Crippen LogP) is 1.82. The molecule has 0 radical (unpaired) electrons. The molecule has 2 aromatic rings. The van der Waals surface area contributed by atoms with Crippen LogP contribution >= 0.6 is 11.3 Å². The van der Waals surface area contributed by atoms with Gasteiger partial charge in [-0.15, -0.1) is 11.3 Å². The van der Waals surface area contributed by atoms with Gasteiger partial charge in [0.2, 0.25) is 17.6 Å². The minimum absolute atomic E-state index is 0.00307. The second kappa shape index (κ2) is 8.21. The minimum atomic E-state index is -0.919. The average molecular weight is 365 g/mol. The fourth-order valence-corrected chi connectivity index (χ4v) is 3.32. The fourth-order valence-electron chi connectivity index (χ4n) is 2.68. The van der Waals surface area contributed by atoms with Crippen LogP contribution in [-0.4, -0.2) is 57.8 Å². The second-order valence-corrected chi connectivity index (χ2v) is 6.72. The summed E-state index contributed by atoms with van der Waals surface area (Å²) in [5.41, 5.74) is 0. The number of ether oxygens (including phenoxy) is 1. The Morgan fingerprint density at radius 3 is 3.08 bits per heavy atom. The van der Waals surface area contributed by atoms with Crippen LogP contribution in [0.25, 0.3) is 10.7 Å². The standard InChI is InChI=1S/C16H19N3O5S/c20-14(19-6-7-23-11(10-19)9-15(21)22)5-1-4-13-17-16(18-24-13)12-3-2-8-25-12/h2-3,8,11H,1,4-7,9-10H2,(H,21,22). The normalized spacial score (nSPS) is 17.6. The third-order valence-corrected chi connectivity index (χ3v) is 4.75. The molecular formula is C16H19N3O5S. The molecule has 2 aromatic heterocycles. The molecule has 134 valence electrons. The van der Waals surface area contributed by atoms with Gasteiger partial charge in [-0.3, -0.25) is 9.59 Å². The van der Waals surface area contributed by atoms with Gasteiger partial charge in [0.15, 0.2) is 0 Å². The molecule has 0 aromatic carbocycles. The predicted molar refractivity (Wildman–Crippen MR) is 89.1 cm³/mol. The highest BCUT2D eigenvalue weighted by Gasteiger charge is 2.25. The number of nitrogens with zero attached hydrogens (tertiary/aromatic N) is 3. The van der Waals surface area contributed by atoms with Gasteiger partial charge in [0.05, 0.1) is 24.0 Å². The van der Waals surface area contributed by atoms with Gasteiger partial charge in [-0.1, -0.05) is 11.2 Å². The van der Waals surface area contributed by atoms with Crippen molar-refractivity contribution in [2.75, 3.05) is 19.7 Å². The lowest BCUT2D eigenvalue weighted by Crippen LogP contribution is -2.46. The number of aryl methyl sites for hydroxylation is 1. The molecule has 0 saturated carbocycles. The molecule has 1 amide bonds. The third kappa shape index (κ3) is 4.86. The van der Waals surface area contributed by atoms with E-state index < -0.39 is 12.1 Å². The Morgan fingerprint density at radius 1 is 1.44 bits per heavy atom. The van der Waals surface area contributed by atoms with Gasteiger partial charge in [0.25, 0.3) is 0 Å². The zero-order valence-electron chi connectivity index (χ0n) is 13.6. The summed E-state index contributed by atoms with van der Waals surface area (Å²) in [6, 6.07) is 3.85. The molecule has 1 N–H and O–H groups in total. The Balaban J connectivity index is 1.44. The molecule has 1 fully saturated rings. The molecule has 1 aliphatic rings. The Labute approximate surface area is 148 Å². The number of aliphatic carboxylic acids is 1. The summed E-state index contributed by atoms with van der Waals surface area (Å²) >= 11 is 1.54. The smallest absolute Gasteiger partial charge is 0.306 e. The maximum atomic E-state index is 12.3. The summed E-state index contributed by atoms with van der Waals surface area (Å²) in [6.07, 6.45) is 0.978. The van der Waals surface area contributed by atoms with Crippen molar-refractivity contribution in [2.24, 2.45) is 0 Å². The lowest BCUT2D eigenvalue weighted by molar-refractivity contribution is -0.147. The number of amides is 1. The van der Waals surface area contributed by atoms with E-state index in [0.717, 1.165) is 4.88 Å². The molecule has 3 rings (SSSR count). The van der Waals surface area contributed by atoms with Crippen LogP contribution in [-0.2, 0) is 20.7 Å². The summed E-state index contributed by atoms with van der Waals surface area (Å²) in [6.45, 7) is 1.20. The van der Waals surface area contributed by atoms with Gasteiger partial charge in [-0.05, 0) is 17.9 Å².